The molecule has 0 radical (unpaired) electrons. The van der Waals surface area contributed by atoms with Crippen LogP contribution in [0.1, 0.15) is 21.5 Å². The van der Waals surface area contributed by atoms with Gasteiger partial charge < -0.3 is 5.73 Å². The van der Waals surface area contributed by atoms with Gasteiger partial charge in [-0.1, -0.05) is 17.7 Å². The number of ketones is 1. The second-order valence-electron chi connectivity index (χ2n) is 4.00. The quantitative estimate of drug-likeness (QED) is 0.664. The second kappa shape index (κ2) is 4.78. The molecule has 0 aliphatic heterocycles. The largest absolute Gasteiger partial charge is 0.398 e. The molecule has 0 heterocycles. The third-order valence-electron chi connectivity index (χ3n) is 2.69. The van der Waals surface area contributed by atoms with Crippen LogP contribution in [0.5, 0.6) is 0 Å². The Morgan fingerprint density at radius 3 is 2.67 bits per heavy atom. The van der Waals surface area contributed by atoms with Crippen LogP contribution in [-0.2, 0) is 0 Å². The summed E-state index contributed by atoms with van der Waals surface area (Å²) in [6, 6.07) is 9.07. The Balaban J connectivity index is 2.48. The van der Waals surface area contributed by atoms with Gasteiger partial charge in [-0.25, -0.2) is 4.39 Å². The lowest BCUT2D eigenvalue weighted by Crippen LogP contribution is -2.04. The van der Waals surface area contributed by atoms with E-state index < -0.39 is 0 Å². The lowest BCUT2D eigenvalue weighted by atomic mass is 10.0. The Hall–Kier alpha value is -1.87. The van der Waals surface area contributed by atoms with Crippen molar-refractivity contribution in [1.82, 2.24) is 0 Å². The first-order valence-electron chi connectivity index (χ1n) is 5.35. The van der Waals surface area contributed by atoms with Crippen molar-refractivity contribution in [2.45, 2.75) is 6.92 Å². The van der Waals surface area contributed by atoms with Gasteiger partial charge in [-0.05, 0) is 42.8 Å². The van der Waals surface area contributed by atoms with Crippen LogP contribution in [0.2, 0.25) is 5.02 Å². The molecule has 2 aromatic rings. The summed E-state index contributed by atoms with van der Waals surface area (Å²) in [7, 11) is 0. The molecule has 0 unspecified atom stereocenters. The van der Waals surface area contributed by atoms with Gasteiger partial charge in [-0.3, -0.25) is 4.79 Å². The van der Waals surface area contributed by atoms with Crippen LogP contribution in [0.4, 0.5) is 10.1 Å². The molecule has 4 heteroatoms. The fraction of sp³-hybridized carbons (Fsp3) is 0.0714. The van der Waals surface area contributed by atoms with E-state index in [-0.39, 0.29) is 16.6 Å². The zero-order valence-corrected chi connectivity index (χ0v) is 10.5. The maximum atomic E-state index is 13.2. The molecule has 0 saturated carbocycles. The minimum Gasteiger partial charge on any atom is -0.398 e. The molecule has 18 heavy (non-hydrogen) atoms. The fourth-order valence-corrected chi connectivity index (χ4v) is 1.88. The average molecular weight is 264 g/mol. The van der Waals surface area contributed by atoms with Crippen molar-refractivity contribution in [3.8, 4) is 0 Å². The van der Waals surface area contributed by atoms with E-state index in [1.165, 1.54) is 18.2 Å². The molecule has 2 aromatic carbocycles. The number of carbonyl (C=O) groups excluding carboxylic acids is 1. The van der Waals surface area contributed by atoms with Crippen molar-refractivity contribution in [1.29, 1.82) is 0 Å². The minimum atomic E-state index is -0.342. The van der Waals surface area contributed by atoms with Gasteiger partial charge in [-0.15, -0.1) is 0 Å². The third-order valence-corrected chi connectivity index (χ3v) is 3.12. The summed E-state index contributed by atoms with van der Waals surface area (Å²) >= 11 is 5.99. The molecule has 0 fully saturated rings. The van der Waals surface area contributed by atoms with Crippen molar-refractivity contribution in [2.75, 3.05) is 5.73 Å². The Morgan fingerprint density at radius 1 is 1.28 bits per heavy atom. The summed E-state index contributed by atoms with van der Waals surface area (Å²) in [6.45, 7) is 1.60. The summed E-state index contributed by atoms with van der Waals surface area (Å²) < 4.78 is 13.2. The summed E-state index contributed by atoms with van der Waals surface area (Å²) in [5.41, 5.74) is 7.12. The standard InChI is InChI=1S/C14H11ClFNO/c1-8-7-9(5-6-11(8)16)14(18)10-3-2-4-12(17)13(10)15/h2-7H,17H2,1H3. The van der Waals surface area contributed by atoms with Gasteiger partial charge >= 0.3 is 0 Å². The molecule has 0 aromatic heterocycles. The summed E-state index contributed by atoms with van der Waals surface area (Å²) in [4.78, 5) is 12.2. The Kier molecular flexibility index (Phi) is 3.34. The van der Waals surface area contributed by atoms with E-state index in [0.717, 1.165) is 0 Å². The van der Waals surface area contributed by atoms with E-state index in [2.05, 4.69) is 0 Å². The SMILES string of the molecule is Cc1cc(C(=O)c2cccc(N)c2Cl)ccc1F. The molecular weight excluding hydrogens is 253 g/mol. The number of benzene rings is 2. The van der Waals surface area contributed by atoms with Gasteiger partial charge in [-0.2, -0.15) is 0 Å². The highest BCUT2D eigenvalue weighted by molar-refractivity contribution is 6.37. The van der Waals surface area contributed by atoms with Gasteiger partial charge in [0.1, 0.15) is 5.82 Å². The van der Waals surface area contributed by atoms with Crippen molar-refractivity contribution >= 4 is 23.1 Å². The van der Waals surface area contributed by atoms with Crippen LogP contribution in [0.15, 0.2) is 36.4 Å². The Bertz CT molecular complexity index is 625. The first-order chi connectivity index (χ1) is 8.50. The molecule has 0 aliphatic rings. The topological polar surface area (TPSA) is 43.1 Å². The summed E-state index contributed by atoms with van der Waals surface area (Å²) in [5.74, 6) is -0.611. The molecule has 0 amide bonds. The first kappa shape index (κ1) is 12.6. The van der Waals surface area contributed by atoms with Crippen molar-refractivity contribution in [2.24, 2.45) is 0 Å². The third kappa shape index (κ3) is 2.22. The number of aryl methyl sites for hydroxylation is 1. The van der Waals surface area contributed by atoms with Crippen LogP contribution < -0.4 is 5.73 Å². The van der Waals surface area contributed by atoms with Crippen LogP contribution in [-0.4, -0.2) is 5.78 Å². The number of rotatable bonds is 2. The normalized spacial score (nSPS) is 10.4. The Labute approximate surface area is 109 Å². The molecule has 92 valence electrons. The van der Waals surface area contributed by atoms with Gasteiger partial charge in [0.05, 0.1) is 10.7 Å². The van der Waals surface area contributed by atoms with Crippen molar-refractivity contribution in [3.63, 3.8) is 0 Å². The first-order valence-corrected chi connectivity index (χ1v) is 5.73. The smallest absolute Gasteiger partial charge is 0.194 e. The number of halogens is 2. The lowest BCUT2D eigenvalue weighted by molar-refractivity contribution is 0.103. The maximum absolute atomic E-state index is 13.2. The lowest BCUT2D eigenvalue weighted by Gasteiger charge is -2.06. The molecule has 2 rings (SSSR count). The molecule has 0 saturated heterocycles. The predicted octanol–water partition coefficient (Wildman–Crippen LogP) is 3.60. The average Bonchev–Trinajstić information content (AvgIpc) is 2.35. The number of hydrogen-bond acceptors (Lipinski definition) is 2. The molecule has 0 aliphatic carbocycles. The fourth-order valence-electron chi connectivity index (χ4n) is 1.67. The van der Waals surface area contributed by atoms with Crippen LogP contribution in [0.3, 0.4) is 0 Å². The molecule has 0 bridgehead atoms. The number of hydrogen-bond donors (Lipinski definition) is 1. The van der Waals surface area contributed by atoms with Gasteiger partial charge in [0.15, 0.2) is 5.78 Å². The van der Waals surface area contributed by atoms with E-state index >= 15 is 0 Å². The molecule has 0 spiro atoms. The van der Waals surface area contributed by atoms with Gasteiger partial charge in [0.2, 0.25) is 0 Å². The summed E-state index contributed by atoms with van der Waals surface area (Å²) in [6.07, 6.45) is 0. The molecule has 2 N–H and O–H groups in total. The number of nitrogens with two attached hydrogens (primary N) is 1. The number of carbonyl (C=O) groups is 1. The van der Waals surface area contributed by atoms with Crippen LogP contribution >= 0.6 is 11.6 Å². The van der Waals surface area contributed by atoms with Gasteiger partial charge in [0.25, 0.3) is 0 Å². The van der Waals surface area contributed by atoms with Crippen molar-refractivity contribution < 1.29 is 9.18 Å². The highest BCUT2D eigenvalue weighted by Crippen LogP contribution is 2.25. The maximum Gasteiger partial charge on any atom is 0.194 e. The monoisotopic (exact) mass is 263 g/mol. The second-order valence-corrected chi connectivity index (χ2v) is 4.38. The molecule has 0 atom stereocenters. The van der Waals surface area contributed by atoms with E-state index in [1.54, 1.807) is 25.1 Å². The Morgan fingerprint density at radius 2 is 2.00 bits per heavy atom. The van der Waals surface area contributed by atoms with E-state index in [4.69, 9.17) is 17.3 Å². The number of anilines is 1. The highest BCUT2D eigenvalue weighted by Gasteiger charge is 2.15. The van der Waals surface area contributed by atoms with Gasteiger partial charge in [0, 0.05) is 11.1 Å². The number of nitrogen functional groups attached to an aromatic ring is 1. The van der Waals surface area contributed by atoms with Crippen LogP contribution in [0.25, 0.3) is 0 Å². The zero-order chi connectivity index (χ0) is 13.3. The van der Waals surface area contributed by atoms with E-state index in [9.17, 15) is 9.18 Å². The van der Waals surface area contributed by atoms with Crippen LogP contribution in [0, 0.1) is 12.7 Å². The molecular formula is C14H11ClFNO. The van der Waals surface area contributed by atoms with Crippen molar-refractivity contribution in [3.05, 3.63) is 63.9 Å². The van der Waals surface area contributed by atoms with E-state index in [1.807, 2.05) is 0 Å². The summed E-state index contributed by atoms with van der Waals surface area (Å²) in [5, 5.41) is 0.226. The highest BCUT2D eigenvalue weighted by atomic mass is 35.5. The predicted molar refractivity (Wildman–Crippen MR) is 70.4 cm³/mol. The zero-order valence-electron chi connectivity index (χ0n) is 9.71. The minimum absolute atomic E-state index is 0.226. The molecule has 2 nitrogen and oxygen atoms in total. The van der Waals surface area contributed by atoms with E-state index in [0.29, 0.717) is 22.4 Å².